The molecule has 0 saturated heterocycles. The molecule has 78 valence electrons. The third-order valence-corrected chi connectivity index (χ3v) is 2.23. The number of aliphatic hydroxyl groups excluding tert-OH is 1. The Hall–Kier alpha value is -0.750. The number of alkyl halides is 2. The van der Waals surface area contributed by atoms with Crippen molar-refractivity contribution in [3.05, 3.63) is 21.9 Å². The van der Waals surface area contributed by atoms with Gasteiger partial charge in [-0.3, -0.25) is 0 Å². The maximum Gasteiger partial charge on any atom is 0.265 e. The lowest BCUT2D eigenvalue weighted by molar-refractivity contribution is 0.145. The van der Waals surface area contributed by atoms with E-state index in [-0.39, 0.29) is 17.0 Å². The number of ether oxygens (including phenoxy) is 1. The third kappa shape index (κ3) is 2.19. The van der Waals surface area contributed by atoms with E-state index in [1.165, 1.54) is 7.11 Å². The van der Waals surface area contributed by atoms with Gasteiger partial charge >= 0.3 is 0 Å². The van der Waals surface area contributed by atoms with Crippen LogP contribution in [0.1, 0.15) is 17.7 Å². The first-order chi connectivity index (χ1) is 6.60. The van der Waals surface area contributed by atoms with Gasteiger partial charge in [-0.2, -0.15) is 0 Å². The highest BCUT2D eigenvalue weighted by Gasteiger charge is 2.17. The molecule has 0 fully saturated rings. The summed E-state index contributed by atoms with van der Waals surface area (Å²) in [6.07, 6.45) is -2.67. The summed E-state index contributed by atoms with van der Waals surface area (Å²) >= 11 is 3.04. The van der Waals surface area contributed by atoms with E-state index < -0.39 is 13.0 Å². The molecule has 0 radical (unpaired) electrons. The Labute approximate surface area is 87.9 Å². The lowest BCUT2D eigenvalue weighted by Crippen LogP contribution is -2.01. The molecule has 0 atom stereocenters. The Morgan fingerprint density at radius 3 is 2.71 bits per heavy atom. The van der Waals surface area contributed by atoms with E-state index in [0.717, 1.165) is 6.07 Å². The first-order valence-corrected chi connectivity index (χ1v) is 4.51. The van der Waals surface area contributed by atoms with Crippen molar-refractivity contribution in [3.63, 3.8) is 0 Å². The van der Waals surface area contributed by atoms with Gasteiger partial charge in [0.05, 0.1) is 19.4 Å². The number of halogens is 3. The van der Waals surface area contributed by atoms with Crippen LogP contribution in [0, 0.1) is 0 Å². The van der Waals surface area contributed by atoms with Gasteiger partial charge in [-0.05, 0) is 22.0 Å². The van der Waals surface area contributed by atoms with Crippen LogP contribution in [-0.4, -0.2) is 17.2 Å². The second-order valence-corrected chi connectivity index (χ2v) is 3.23. The quantitative estimate of drug-likeness (QED) is 0.855. The number of nitrogens with zero attached hydrogens (tertiary/aromatic N) is 1. The molecule has 1 heterocycles. The molecule has 0 amide bonds. The largest absolute Gasteiger partial charge is 0.494 e. The number of rotatable bonds is 3. The fourth-order valence-electron chi connectivity index (χ4n) is 0.981. The van der Waals surface area contributed by atoms with Crippen molar-refractivity contribution < 1.29 is 18.6 Å². The van der Waals surface area contributed by atoms with Gasteiger partial charge in [-0.15, -0.1) is 0 Å². The Kier molecular flexibility index (Phi) is 3.77. The predicted octanol–water partition coefficient (Wildman–Crippen LogP) is 2.28. The highest BCUT2D eigenvalue weighted by Crippen LogP contribution is 2.30. The molecule has 0 aliphatic carbocycles. The molecule has 3 nitrogen and oxygen atoms in total. The number of hydrogen-bond acceptors (Lipinski definition) is 3. The molecule has 1 aromatic heterocycles. The Bertz CT molecular complexity index is 333. The summed E-state index contributed by atoms with van der Waals surface area (Å²) in [5, 5.41) is 8.80. The topological polar surface area (TPSA) is 42.4 Å². The normalized spacial score (nSPS) is 10.7. The second-order valence-electron chi connectivity index (χ2n) is 2.48. The first kappa shape index (κ1) is 11.3. The molecule has 0 saturated carbocycles. The van der Waals surface area contributed by atoms with Crippen molar-refractivity contribution in [2.75, 3.05) is 7.11 Å². The molecule has 0 spiro atoms. The first-order valence-electron chi connectivity index (χ1n) is 3.72. The van der Waals surface area contributed by atoms with Gasteiger partial charge in [0.25, 0.3) is 6.43 Å². The van der Waals surface area contributed by atoms with Crippen molar-refractivity contribution in [1.29, 1.82) is 0 Å². The molecule has 1 rings (SSSR count). The summed E-state index contributed by atoms with van der Waals surface area (Å²) in [5.41, 5.74) is -0.361. The Balaban J connectivity index is 3.25. The molecule has 0 aliphatic heterocycles. The fraction of sp³-hybridized carbons (Fsp3) is 0.375. The van der Waals surface area contributed by atoms with E-state index in [4.69, 9.17) is 9.84 Å². The number of aromatic nitrogens is 1. The van der Waals surface area contributed by atoms with E-state index in [0.29, 0.717) is 4.60 Å². The van der Waals surface area contributed by atoms with Crippen LogP contribution in [-0.2, 0) is 6.61 Å². The fourth-order valence-corrected chi connectivity index (χ4v) is 1.47. The maximum absolute atomic E-state index is 12.4. The van der Waals surface area contributed by atoms with Crippen LogP contribution in [0.5, 0.6) is 5.75 Å². The van der Waals surface area contributed by atoms with Gasteiger partial charge < -0.3 is 9.84 Å². The van der Waals surface area contributed by atoms with Crippen LogP contribution in [0.25, 0.3) is 0 Å². The molecule has 14 heavy (non-hydrogen) atoms. The minimum absolute atomic E-state index is 0.0484. The van der Waals surface area contributed by atoms with Gasteiger partial charge in [0.15, 0.2) is 5.75 Å². The summed E-state index contributed by atoms with van der Waals surface area (Å²) in [7, 11) is 1.36. The highest BCUT2D eigenvalue weighted by atomic mass is 79.9. The Morgan fingerprint density at radius 2 is 2.29 bits per heavy atom. The molecule has 1 N–H and O–H groups in total. The zero-order valence-corrected chi connectivity index (χ0v) is 8.88. The van der Waals surface area contributed by atoms with E-state index >= 15 is 0 Å². The predicted molar refractivity (Wildman–Crippen MR) is 49.4 cm³/mol. The lowest BCUT2D eigenvalue weighted by Gasteiger charge is -2.09. The van der Waals surface area contributed by atoms with Crippen LogP contribution < -0.4 is 4.74 Å². The van der Waals surface area contributed by atoms with Crippen molar-refractivity contribution in [2.45, 2.75) is 13.0 Å². The summed E-state index contributed by atoms with van der Waals surface area (Å²) in [6, 6.07) is 1.16. The summed E-state index contributed by atoms with van der Waals surface area (Å²) in [4.78, 5) is 3.75. The van der Waals surface area contributed by atoms with Gasteiger partial charge in [-0.1, -0.05) is 0 Å². The summed E-state index contributed by atoms with van der Waals surface area (Å²) < 4.78 is 30.0. The molecular formula is C8H8BrF2NO2. The molecule has 0 aliphatic rings. The van der Waals surface area contributed by atoms with Crippen molar-refractivity contribution in [2.24, 2.45) is 0 Å². The number of pyridine rings is 1. The van der Waals surface area contributed by atoms with E-state index in [2.05, 4.69) is 20.9 Å². The average Bonchev–Trinajstić information content (AvgIpc) is 2.16. The van der Waals surface area contributed by atoms with Crippen LogP contribution in [0.15, 0.2) is 10.7 Å². The van der Waals surface area contributed by atoms with E-state index in [1.807, 2.05) is 0 Å². The standard InChI is InChI=1S/C8H8BrF2NO2/c1-14-6-2-4(8(10)11)5(3-13)12-7(6)9/h2,8,13H,3H2,1H3. The van der Waals surface area contributed by atoms with Gasteiger partial charge in [0.1, 0.15) is 4.60 Å². The van der Waals surface area contributed by atoms with Crippen molar-refractivity contribution in [1.82, 2.24) is 4.98 Å². The average molecular weight is 268 g/mol. The van der Waals surface area contributed by atoms with Crippen LogP contribution in [0.4, 0.5) is 8.78 Å². The highest BCUT2D eigenvalue weighted by molar-refractivity contribution is 9.10. The molecule has 0 bridgehead atoms. The Morgan fingerprint density at radius 1 is 1.64 bits per heavy atom. The minimum Gasteiger partial charge on any atom is -0.494 e. The van der Waals surface area contributed by atoms with E-state index in [1.54, 1.807) is 0 Å². The SMILES string of the molecule is COc1cc(C(F)F)c(CO)nc1Br. The summed E-state index contributed by atoms with van der Waals surface area (Å²) in [5.74, 6) is 0.220. The zero-order chi connectivity index (χ0) is 10.7. The lowest BCUT2D eigenvalue weighted by atomic mass is 10.2. The molecule has 1 aromatic rings. The zero-order valence-electron chi connectivity index (χ0n) is 7.30. The van der Waals surface area contributed by atoms with Crippen molar-refractivity contribution >= 4 is 15.9 Å². The second kappa shape index (κ2) is 4.65. The number of hydrogen-bond donors (Lipinski definition) is 1. The molecule has 0 aromatic carbocycles. The van der Waals surface area contributed by atoms with Crippen LogP contribution in [0.3, 0.4) is 0 Å². The third-order valence-electron chi connectivity index (χ3n) is 1.66. The molecule has 6 heteroatoms. The smallest absolute Gasteiger partial charge is 0.265 e. The van der Waals surface area contributed by atoms with E-state index in [9.17, 15) is 8.78 Å². The minimum atomic E-state index is -2.67. The van der Waals surface area contributed by atoms with Crippen molar-refractivity contribution in [3.8, 4) is 5.75 Å². The van der Waals surface area contributed by atoms with Crippen LogP contribution in [0.2, 0.25) is 0 Å². The maximum atomic E-state index is 12.4. The van der Waals surface area contributed by atoms with Gasteiger partial charge in [0, 0.05) is 5.56 Å². The van der Waals surface area contributed by atoms with Crippen LogP contribution >= 0.6 is 15.9 Å². The van der Waals surface area contributed by atoms with Gasteiger partial charge in [0.2, 0.25) is 0 Å². The number of aliphatic hydroxyl groups is 1. The summed E-state index contributed by atoms with van der Waals surface area (Å²) in [6.45, 7) is -0.526. The molecule has 0 unspecified atom stereocenters. The molecular weight excluding hydrogens is 260 g/mol. The monoisotopic (exact) mass is 267 g/mol. The number of methoxy groups -OCH3 is 1. The van der Waals surface area contributed by atoms with Gasteiger partial charge in [-0.25, -0.2) is 13.8 Å².